The van der Waals surface area contributed by atoms with Gasteiger partial charge in [-0.2, -0.15) is 31.6 Å². The second-order valence-corrected chi connectivity index (χ2v) is 21.8. The average Bonchev–Trinajstić information content (AvgIpc) is 1.58. The summed E-state index contributed by atoms with van der Waals surface area (Å²) in [6, 6.07) is 1.94. The van der Waals surface area contributed by atoms with Gasteiger partial charge in [0.2, 0.25) is 21.3 Å². The predicted octanol–water partition coefficient (Wildman–Crippen LogP) is 7.89. The first-order chi connectivity index (χ1) is 45.1. The van der Waals surface area contributed by atoms with Crippen LogP contribution in [0.25, 0.3) is 0 Å². The molecule has 6 aromatic rings. The molecule has 0 spiro atoms. The summed E-state index contributed by atoms with van der Waals surface area (Å²) in [6.07, 6.45) is 4.20. The van der Waals surface area contributed by atoms with Gasteiger partial charge in [-0.3, -0.25) is 14.0 Å². The molecule has 0 saturated heterocycles. The van der Waals surface area contributed by atoms with Gasteiger partial charge >= 0.3 is 102 Å². The number of carbonyl (C=O) groups is 6. The Labute approximate surface area is 656 Å². The van der Waals surface area contributed by atoms with E-state index in [1.165, 1.54) is 56.8 Å². The van der Waals surface area contributed by atoms with Crippen molar-refractivity contribution in [2.75, 3.05) is 39.3 Å². The number of alkyl carbamates (subject to hydrolysis) is 1. The van der Waals surface area contributed by atoms with Crippen molar-refractivity contribution in [3.05, 3.63) is 117 Å². The predicted molar refractivity (Wildman–Crippen MR) is 347 cm³/mol. The van der Waals surface area contributed by atoms with Crippen molar-refractivity contribution in [1.29, 1.82) is 10.5 Å². The molecule has 0 saturated carbocycles. The van der Waals surface area contributed by atoms with Gasteiger partial charge in [0.15, 0.2) is 38.4 Å². The van der Waals surface area contributed by atoms with Crippen molar-refractivity contribution < 1.29 is 186 Å². The molecule has 0 fully saturated rings. The van der Waals surface area contributed by atoms with E-state index in [1.807, 2.05) is 26.8 Å². The van der Waals surface area contributed by atoms with E-state index in [9.17, 15) is 54.7 Å². The zero-order valence-electron chi connectivity index (χ0n) is 57.9. The molecule has 46 heteroatoms. The third-order valence-electron chi connectivity index (χ3n) is 6.97. The van der Waals surface area contributed by atoms with E-state index in [4.69, 9.17) is 104 Å². The fourth-order valence-corrected chi connectivity index (χ4v) is 4.11. The number of aromatic nitrogens is 6. The van der Waals surface area contributed by atoms with Crippen LogP contribution in [0.5, 0.6) is 0 Å². The van der Waals surface area contributed by atoms with Crippen molar-refractivity contribution in [3.8, 4) is 6.07 Å². The van der Waals surface area contributed by atoms with E-state index >= 15 is 0 Å². The molecule has 0 atom stereocenters. The third kappa shape index (κ3) is 94.0. The van der Waals surface area contributed by atoms with Crippen LogP contribution in [0.2, 0.25) is 0 Å². The van der Waals surface area contributed by atoms with Gasteiger partial charge in [-0.05, 0) is 76.2 Å². The summed E-state index contributed by atoms with van der Waals surface area (Å²) < 4.78 is 143. The molecular formula is C55H82BCl5F7N10Na2O20S. The van der Waals surface area contributed by atoms with E-state index in [-0.39, 0.29) is 120 Å². The number of hydrogen-bond donors (Lipinski definition) is 3. The fraction of sp³-hybridized carbons (Fsp3) is 0.527. The molecule has 3 radical (unpaired) electrons. The number of rotatable bonds is 10. The van der Waals surface area contributed by atoms with Gasteiger partial charge < -0.3 is 83.9 Å². The van der Waals surface area contributed by atoms with E-state index in [1.54, 1.807) is 67.8 Å². The number of oxazole rings is 6. The van der Waals surface area contributed by atoms with Crippen LogP contribution in [0.4, 0.5) is 45.1 Å². The van der Waals surface area contributed by atoms with E-state index in [2.05, 4.69) is 74.9 Å². The fourth-order valence-electron chi connectivity index (χ4n) is 3.97. The Morgan fingerprint density at radius 3 is 1.28 bits per heavy atom. The number of hydrogen-bond acceptors (Lipinski definition) is 28. The zero-order chi connectivity index (χ0) is 76.7. The molecule has 567 valence electrons. The zero-order valence-corrected chi connectivity index (χ0v) is 64.5. The minimum atomic E-state index is -4.85. The number of esters is 1. The number of aldehydes is 1. The Hall–Kier alpha value is -6.05. The number of aliphatic hydroxyl groups excluding tert-OH is 2. The van der Waals surface area contributed by atoms with Gasteiger partial charge in [-0.25, -0.2) is 53.3 Å². The van der Waals surface area contributed by atoms with Gasteiger partial charge in [0.05, 0.1) is 82.6 Å². The topological polar surface area (TPSA) is 425 Å². The maximum Gasteiger partial charge on any atom is 1.00 e. The molecule has 6 heterocycles. The second-order valence-electron chi connectivity index (χ2n) is 18.2. The summed E-state index contributed by atoms with van der Waals surface area (Å²) in [4.78, 5) is 85.5. The molecule has 0 aromatic carbocycles. The molecule has 3 N–H and O–H groups in total. The number of ether oxygens (including phenoxy) is 5. The molecule has 0 bridgehead atoms. The smallest absolute Gasteiger partial charge is 1.00 e. The number of alkyl halides is 10. The molecule has 0 aliphatic heterocycles. The molecule has 0 unspecified atom stereocenters. The third-order valence-corrected chi connectivity index (χ3v) is 7.23. The number of carbonyl (C=O) groups excluding carboxylic acids is 6. The summed E-state index contributed by atoms with van der Waals surface area (Å²) in [6.45, 7) is 24.4. The van der Waals surface area contributed by atoms with Crippen LogP contribution in [0, 0.1) is 23.2 Å². The summed E-state index contributed by atoms with van der Waals surface area (Å²) in [5, 5.41) is 33.0. The number of nitrogens with one attached hydrogen (secondary N) is 1. The number of halogens is 12. The summed E-state index contributed by atoms with van der Waals surface area (Å²) in [5.74, 6) is 0.932. The Morgan fingerprint density at radius 1 is 0.693 bits per heavy atom. The molecule has 6 aromatic heterocycles. The Bertz CT molecular complexity index is 2850. The van der Waals surface area contributed by atoms with Crippen molar-refractivity contribution >= 4 is 110 Å². The summed E-state index contributed by atoms with van der Waals surface area (Å²) in [5.41, 5.74) is -1.85. The van der Waals surface area contributed by atoms with Crippen molar-refractivity contribution in [2.45, 2.75) is 152 Å². The van der Waals surface area contributed by atoms with Gasteiger partial charge in [0.1, 0.15) is 52.2 Å². The minimum absolute atomic E-state index is 0. The van der Waals surface area contributed by atoms with Gasteiger partial charge in [0, 0.05) is 56.4 Å². The molecule has 2 amide bonds. The monoisotopic (exact) mass is 1600 g/mol. The van der Waals surface area contributed by atoms with Crippen LogP contribution in [0.3, 0.4) is 0 Å². The van der Waals surface area contributed by atoms with Gasteiger partial charge in [0.25, 0.3) is 0 Å². The van der Waals surface area contributed by atoms with E-state index in [0.717, 1.165) is 19.2 Å². The standard InChI is InChI=1S/C10H16N2O3.C10H18O5.C7H7F3N2O2.C6H7NO3.C5H4N2O.C4H4ClNO.C4H5NO2.C2HF3O.C2H6O.CH2Cl2.CH3F.CN.2CH4.B.Cl2OS.2Na.H/c1-10(2,3)15-9(13)12-5-4-8-6-11-7-14-8;1-9(2,3)14-7(11)13-8(12)15-10(4,5)6;1-12(6(13)7(8,9)10)3-5-2-11-4-14-5;1-2-9-6(8)5-3-7-4-10-5;6-2-1-5-3-7-4-8-5;5-1-4-2-6-3-7-4;6-2-4-1-5-3-7-4;3-2(4,5)1-6;1-2-3;2-1-3;2*1-2;;;;1-4(2)3;;;/h6-7H,4-5H2,1-3H3,(H,12,13);1-6H3;2,4H,3H2,1H3;3-4H,2H2,1H3;3-4H,1H2;2-3H,1H2;1,3,6H,2H2;1H;3H,2H2,1H3;1H2;1H3;;2*1H4;;;;;/q;;;;;;;;;;;-1;;;;;2*+1;-1/i;;;;;;;;;;1D;;;;;;;;. The Morgan fingerprint density at radius 2 is 1.02 bits per heavy atom. The normalized spacial score (nSPS) is 9.45. The van der Waals surface area contributed by atoms with Gasteiger partial charge in [-0.15, -0.1) is 34.8 Å². The number of aliphatic hydroxyl groups is 2. The van der Waals surface area contributed by atoms with Crippen LogP contribution in [0.15, 0.2) is 102 Å². The molecule has 0 aliphatic rings. The number of nitrogens with zero attached hydrogens (tertiary/aromatic N) is 9. The van der Waals surface area contributed by atoms with E-state index in [0.29, 0.717) is 54.1 Å². The quantitative estimate of drug-likeness (QED) is 0.0135. The molecule has 0 aliphatic carbocycles. The first-order valence-electron chi connectivity index (χ1n) is 26.2. The molecule has 101 heavy (non-hydrogen) atoms. The minimum Gasteiger partial charge on any atom is -1.00 e. The molecular weight excluding hydrogens is 1520 g/mol. The van der Waals surface area contributed by atoms with Crippen LogP contribution in [-0.2, 0) is 74.4 Å². The first-order valence-corrected chi connectivity index (χ1v) is 29.9. The molecule has 30 nitrogen and oxygen atoms in total. The van der Waals surface area contributed by atoms with Crippen LogP contribution < -0.4 is 64.4 Å². The van der Waals surface area contributed by atoms with Crippen molar-refractivity contribution in [3.63, 3.8) is 0 Å². The maximum absolute atomic E-state index is 11.9. The SMILES string of the molecule is C.C.CC(C)(C)OC(=O)NCCc1cnco1.CC(C)(C)OC(=O)OC(=O)OC(C)(C)C.CCO.CCOC(=O)c1cnco1.CN(Cc1cnco1)C(=O)C(F)(F)F.ClCCl.ClCc1cnco1.N#CCc1cnco1.O=CC(F)(F)F.O=S(Cl)Cl.OCc1cnco1.[2H]CF.[B].[C-]#N.[H-].[Na+].[Na+]. The van der Waals surface area contributed by atoms with Crippen molar-refractivity contribution in [1.82, 2.24) is 40.1 Å². The first kappa shape index (κ1) is 119. The van der Waals surface area contributed by atoms with Crippen molar-refractivity contribution in [2.24, 2.45) is 0 Å². The van der Waals surface area contributed by atoms with Crippen LogP contribution in [0.1, 0.15) is 133 Å². The number of nitriles is 1. The Balaban J connectivity index is -0.0000000799. The average molecular weight is 1600 g/mol. The Kier molecular flexibility index (Phi) is 88.5. The molecule has 6 rings (SSSR count). The summed E-state index contributed by atoms with van der Waals surface area (Å²) >= 11 is 14.9. The summed E-state index contributed by atoms with van der Waals surface area (Å²) in [7, 11) is 7.40. The van der Waals surface area contributed by atoms with Crippen LogP contribution in [-0.4, -0.2) is 163 Å². The number of amides is 2. The second kappa shape index (κ2) is 75.1. The van der Waals surface area contributed by atoms with E-state index < -0.39 is 82.1 Å². The largest absolute Gasteiger partial charge is 1.00 e. The maximum atomic E-state index is 11.9. The van der Waals surface area contributed by atoms with Gasteiger partial charge in [-0.1, -0.05) is 14.9 Å². The van der Waals surface area contributed by atoms with Crippen LogP contribution >= 0.6 is 56.2 Å².